The molecule has 1 aromatic heterocycles. The molecule has 1 aliphatic rings. The van der Waals surface area contributed by atoms with E-state index in [0.29, 0.717) is 12.4 Å². The van der Waals surface area contributed by atoms with E-state index in [1.807, 2.05) is 30.3 Å². The summed E-state index contributed by atoms with van der Waals surface area (Å²) in [6.45, 7) is -0.00342. The number of H-pyrrole nitrogens is 1. The third-order valence-corrected chi connectivity index (χ3v) is 4.17. The lowest BCUT2D eigenvalue weighted by atomic mass is 10.2. The second kappa shape index (κ2) is 7.27. The first-order chi connectivity index (χ1) is 11.6. The van der Waals surface area contributed by atoms with Crippen molar-refractivity contribution >= 4 is 12.2 Å². The molecule has 0 amide bonds. The molecule has 1 fully saturated rings. The lowest BCUT2D eigenvalue weighted by Gasteiger charge is -2.16. The van der Waals surface area contributed by atoms with Gasteiger partial charge in [-0.3, -0.25) is 9.55 Å². The fourth-order valence-electron chi connectivity index (χ4n) is 2.57. The highest BCUT2D eigenvalue weighted by atomic mass is 32.1. The van der Waals surface area contributed by atoms with Gasteiger partial charge >= 0.3 is 5.69 Å². The first-order valence-electron chi connectivity index (χ1n) is 7.55. The van der Waals surface area contributed by atoms with Gasteiger partial charge in [0, 0.05) is 6.42 Å². The molecule has 24 heavy (non-hydrogen) atoms. The summed E-state index contributed by atoms with van der Waals surface area (Å²) in [5.41, 5.74) is 0.514. The number of rotatable bonds is 5. The van der Waals surface area contributed by atoms with Crippen LogP contribution < -0.4 is 10.4 Å². The number of ether oxygens (including phenoxy) is 2. The van der Waals surface area contributed by atoms with Crippen molar-refractivity contribution in [1.82, 2.24) is 9.55 Å². The van der Waals surface area contributed by atoms with Crippen LogP contribution in [0.15, 0.2) is 41.3 Å². The average Bonchev–Trinajstić information content (AvgIpc) is 2.95. The van der Waals surface area contributed by atoms with Crippen LogP contribution in [0.2, 0.25) is 0 Å². The molecule has 8 heteroatoms. The van der Waals surface area contributed by atoms with Gasteiger partial charge in [0.05, 0.1) is 18.9 Å². The molecule has 0 bridgehead atoms. The predicted molar refractivity (Wildman–Crippen MR) is 88.3 cm³/mol. The highest BCUT2D eigenvalue weighted by Gasteiger charge is 2.35. The Kier molecular flexibility index (Phi) is 5.10. The third kappa shape index (κ3) is 3.57. The number of aliphatic hydroxyl groups excluding tert-OH is 2. The SMILES string of the molecule is O=c1[nH]c(=S)c(OCc2ccccc2)cn1[C@@H]1C[C@@H](O)[C@H](CO)O1. The molecule has 1 aliphatic heterocycles. The molecule has 128 valence electrons. The maximum Gasteiger partial charge on any atom is 0.328 e. The number of aromatic nitrogens is 2. The average molecular weight is 350 g/mol. The van der Waals surface area contributed by atoms with Crippen molar-refractivity contribution in [1.29, 1.82) is 0 Å². The zero-order chi connectivity index (χ0) is 17.1. The zero-order valence-electron chi connectivity index (χ0n) is 12.8. The first-order valence-corrected chi connectivity index (χ1v) is 7.96. The summed E-state index contributed by atoms with van der Waals surface area (Å²) >= 11 is 5.13. The van der Waals surface area contributed by atoms with E-state index in [1.54, 1.807) is 0 Å². The van der Waals surface area contributed by atoms with Crippen LogP contribution in [0.25, 0.3) is 0 Å². The van der Waals surface area contributed by atoms with Crippen LogP contribution in [0.3, 0.4) is 0 Å². The van der Waals surface area contributed by atoms with Crippen LogP contribution in [0.1, 0.15) is 18.2 Å². The molecule has 0 unspecified atom stereocenters. The van der Waals surface area contributed by atoms with Gasteiger partial charge in [0.15, 0.2) is 10.4 Å². The molecule has 0 spiro atoms. The Morgan fingerprint density at radius 3 is 2.79 bits per heavy atom. The highest BCUT2D eigenvalue weighted by Crippen LogP contribution is 2.28. The summed E-state index contributed by atoms with van der Waals surface area (Å²) in [6.07, 6.45) is -0.548. The van der Waals surface area contributed by atoms with E-state index >= 15 is 0 Å². The summed E-state index contributed by atoms with van der Waals surface area (Å²) < 4.78 is 12.7. The third-order valence-electron chi connectivity index (χ3n) is 3.87. The zero-order valence-corrected chi connectivity index (χ0v) is 13.6. The minimum Gasteiger partial charge on any atom is -0.484 e. The van der Waals surface area contributed by atoms with Gasteiger partial charge in [-0.1, -0.05) is 42.5 Å². The maximum absolute atomic E-state index is 12.1. The lowest BCUT2D eigenvalue weighted by molar-refractivity contribution is -0.0461. The quantitative estimate of drug-likeness (QED) is 0.700. The molecular weight excluding hydrogens is 332 g/mol. The van der Waals surface area contributed by atoms with Crippen molar-refractivity contribution in [3.05, 3.63) is 57.2 Å². The topological polar surface area (TPSA) is 96.7 Å². The summed E-state index contributed by atoms with van der Waals surface area (Å²) in [4.78, 5) is 14.7. The largest absolute Gasteiger partial charge is 0.484 e. The van der Waals surface area contributed by atoms with Gasteiger partial charge in [-0.05, 0) is 5.56 Å². The van der Waals surface area contributed by atoms with Crippen molar-refractivity contribution in [2.24, 2.45) is 0 Å². The van der Waals surface area contributed by atoms with Gasteiger partial charge in [0.25, 0.3) is 0 Å². The Balaban J connectivity index is 1.81. The van der Waals surface area contributed by atoms with Gasteiger partial charge in [0.2, 0.25) is 0 Å². The Hall–Kier alpha value is -2.00. The van der Waals surface area contributed by atoms with Crippen LogP contribution in [0.5, 0.6) is 5.75 Å². The molecule has 3 N–H and O–H groups in total. The second-order valence-corrected chi connectivity index (χ2v) is 5.96. The number of hydrogen-bond acceptors (Lipinski definition) is 6. The predicted octanol–water partition coefficient (Wildman–Crippen LogP) is 1.13. The van der Waals surface area contributed by atoms with E-state index in [9.17, 15) is 9.90 Å². The normalized spacial score (nSPS) is 23.3. The Bertz CT molecular complexity index is 804. The maximum atomic E-state index is 12.1. The van der Waals surface area contributed by atoms with Gasteiger partial charge in [-0.25, -0.2) is 4.79 Å². The van der Waals surface area contributed by atoms with Gasteiger partial charge in [0.1, 0.15) is 18.9 Å². The first kappa shape index (κ1) is 16.8. The smallest absolute Gasteiger partial charge is 0.328 e. The number of hydrogen-bond donors (Lipinski definition) is 3. The molecule has 0 aliphatic carbocycles. The molecule has 3 atom stereocenters. The minimum atomic E-state index is -0.830. The van der Waals surface area contributed by atoms with Crippen molar-refractivity contribution in [3.8, 4) is 5.75 Å². The molecular formula is C16H18N2O5S. The van der Waals surface area contributed by atoms with Crippen molar-refractivity contribution < 1.29 is 19.7 Å². The van der Waals surface area contributed by atoms with Crippen molar-refractivity contribution in [3.63, 3.8) is 0 Å². The summed E-state index contributed by atoms with van der Waals surface area (Å²) in [5, 5.41) is 19.0. The standard InChI is InChI=1S/C16H18N2O5S/c19-8-13-11(20)6-14(23-13)18-7-12(15(24)17-16(18)21)22-9-10-4-2-1-3-5-10/h1-5,7,11,13-14,19-20H,6,8-9H2,(H,17,21,24)/t11-,13+,14+/m1/s1. The molecule has 1 saturated heterocycles. The van der Waals surface area contributed by atoms with Crippen molar-refractivity contribution in [2.75, 3.05) is 6.61 Å². The van der Waals surface area contributed by atoms with E-state index in [0.717, 1.165) is 5.56 Å². The van der Waals surface area contributed by atoms with Crippen LogP contribution in [0.4, 0.5) is 0 Å². The van der Waals surface area contributed by atoms with Crippen LogP contribution in [-0.2, 0) is 11.3 Å². The molecule has 0 saturated carbocycles. The van der Waals surface area contributed by atoms with E-state index in [-0.39, 0.29) is 17.7 Å². The number of aliphatic hydroxyl groups is 2. The summed E-state index contributed by atoms with van der Waals surface area (Å²) in [6, 6.07) is 9.57. The van der Waals surface area contributed by atoms with Gasteiger partial charge in [-0.2, -0.15) is 0 Å². The molecule has 3 rings (SSSR count). The number of aromatic amines is 1. The van der Waals surface area contributed by atoms with Crippen LogP contribution >= 0.6 is 12.2 Å². The Morgan fingerprint density at radius 1 is 1.38 bits per heavy atom. The molecule has 0 radical (unpaired) electrons. The number of nitrogens with zero attached hydrogens (tertiary/aromatic N) is 1. The molecule has 2 heterocycles. The van der Waals surface area contributed by atoms with E-state index in [2.05, 4.69) is 4.98 Å². The Labute approximate surface area is 143 Å². The number of benzene rings is 1. The molecule has 1 aromatic carbocycles. The van der Waals surface area contributed by atoms with Gasteiger partial charge in [-0.15, -0.1) is 0 Å². The summed E-state index contributed by atoms with van der Waals surface area (Å²) in [7, 11) is 0. The van der Waals surface area contributed by atoms with Crippen LogP contribution in [0, 0.1) is 4.64 Å². The second-order valence-electron chi connectivity index (χ2n) is 5.55. The van der Waals surface area contributed by atoms with Crippen LogP contribution in [-0.4, -0.2) is 38.6 Å². The lowest BCUT2D eigenvalue weighted by Crippen LogP contribution is -2.28. The van der Waals surface area contributed by atoms with E-state index in [4.69, 9.17) is 26.8 Å². The van der Waals surface area contributed by atoms with Gasteiger partial charge < -0.3 is 19.7 Å². The summed E-state index contributed by atoms with van der Waals surface area (Å²) in [5.74, 6) is 0.346. The van der Waals surface area contributed by atoms with E-state index < -0.39 is 24.1 Å². The highest BCUT2D eigenvalue weighted by molar-refractivity contribution is 7.71. The minimum absolute atomic E-state index is 0.199. The Morgan fingerprint density at radius 2 is 2.12 bits per heavy atom. The fourth-order valence-corrected chi connectivity index (χ4v) is 2.77. The van der Waals surface area contributed by atoms with E-state index in [1.165, 1.54) is 10.8 Å². The molecule has 7 nitrogen and oxygen atoms in total. The number of nitrogens with one attached hydrogen (secondary N) is 1. The monoisotopic (exact) mass is 350 g/mol. The fraction of sp³-hybridized carbons (Fsp3) is 0.375. The molecule has 2 aromatic rings. The van der Waals surface area contributed by atoms with Crippen molar-refractivity contribution in [2.45, 2.75) is 31.5 Å².